The number of anilines is 1. The number of nitrogens with one attached hydrogen (secondary N) is 2. The fourth-order valence-corrected chi connectivity index (χ4v) is 1.69. The van der Waals surface area contributed by atoms with E-state index in [0.29, 0.717) is 28.9 Å². The first-order valence-electron chi connectivity index (χ1n) is 6.37. The van der Waals surface area contributed by atoms with Gasteiger partial charge in [0.15, 0.2) is 0 Å². The lowest BCUT2D eigenvalue weighted by atomic mass is 10.1. The average molecular weight is 285 g/mol. The fourth-order valence-electron chi connectivity index (χ4n) is 1.51. The minimum Gasteiger partial charge on any atom is -0.497 e. The smallest absolute Gasteiger partial charge is 0.239 e. The molecule has 0 aliphatic heterocycles. The molecular formula is C14H21ClN2O2. The molecule has 0 aromatic heterocycles. The van der Waals surface area contributed by atoms with Gasteiger partial charge in [0.25, 0.3) is 0 Å². The van der Waals surface area contributed by atoms with Crippen LogP contribution in [0.25, 0.3) is 0 Å². The van der Waals surface area contributed by atoms with Crippen LogP contribution in [0.1, 0.15) is 20.3 Å². The molecule has 0 heterocycles. The van der Waals surface area contributed by atoms with Crippen molar-refractivity contribution in [3.05, 3.63) is 23.2 Å². The zero-order valence-corrected chi connectivity index (χ0v) is 12.4. The molecule has 0 saturated carbocycles. The number of amides is 1. The zero-order valence-electron chi connectivity index (χ0n) is 11.6. The van der Waals surface area contributed by atoms with E-state index in [1.807, 2.05) is 0 Å². The Kier molecular flexibility index (Phi) is 6.50. The molecule has 0 spiro atoms. The third kappa shape index (κ3) is 5.83. The molecule has 1 aromatic carbocycles. The van der Waals surface area contributed by atoms with Crippen LogP contribution < -0.4 is 15.4 Å². The van der Waals surface area contributed by atoms with Crippen molar-refractivity contribution in [3.63, 3.8) is 0 Å². The van der Waals surface area contributed by atoms with E-state index in [0.717, 1.165) is 6.42 Å². The van der Waals surface area contributed by atoms with Crippen LogP contribution in [0.15, 0.2) is 18.2 Å². The minimum absolute atomic E-state index is 0.0421. The monoisotopic (exact) mass is 284 g/mol. The SMILES string of the molecule is COc1ccc(Cl)c(NCC(=O)NCCC(C)C)c1. The Bertz CT molecular complexity index is 422. The van der Waals surface area contributed by atoms with Crippen LogP contribution in [-0.4, -0.2) is 26.1 Å². The van der Waals surface area contributed by atoms with Crippen molar-refractivity contribution in [2.24, 2.45) is 5.92 Å². The number of carbonyl (C=O) groups is 1. The lowest BCUT2D eigenvalue weighted by Gasteiger charge is -2.11. The Morgan fingerprint density at radius 3 is 2.79 bits per heavy atom. The average Bonchev–Trinajstić information content (AvgIpc) is 2.37. The van der Waals surface area contributed by atoms with Crippen LogP contribution in [0.4, 0.5) is 5.69 Å². The normalized spacial score (nSPS) is 10.4. The van der Waals surface area contributed by atoms with Gasteiger partial charge in [-0.2, -0.15) is 0 Å². The van der Waals surface area contributed by atoms with Crippen molar-refractivity contribution in [1.29, 1.82) is 0 Å². The maximum absolute atomic E-state index is 11.6. The van der Waals surface area contributed by atoms with E-state index >= 15 is 0 Å². The minimum atomic E-state index is -0.0421. The molecule has 0 unspecified atom stereocenters. The Morgan fingerprint density at radius 2 is 2.16 bits per heavy atom. The van der Waals surface area contributed by atoms with Gasteiger partial charge in [-0.25, -0.2) is 0 Å². The predicted octanol–water partition coefficient (Wildman–Crippen LogP) is 2.92. The van der Waals surface area contributed by atoms with Gasteiger partial charge < -0.3 is 15.4 Å². The molecule has 1 rings (SSSR count). The van der Waals surface area contributed by atoms with Crippen LogP contribution in [-0.2, 0) is 4.79 Å². The number of benzene rings is 1. The van der Waals surface area contributed by atoms with Crippen LogP contribution >= 0.6 is 11.6 Å². The van der Waals surface area contributed by atoms with Crippen LogP contribution in [0.5, 0.6) is 5.75 Å². The zero-order chi connectivity index (χ0) is 14.3. The summed E-state index contributed by atoms with van der Waals surface area (Å²) in [6, 6.07) is 5.28. The summed E-state index contributed by atoms with van der Waals surface area (Å²) in [5, 5.41) is 6.42. The highest BCUT2D eigenvalue weighted by atomic mass is 35.5. The van der Waals surface area contributed by atoms with Crippen molar-refractivity contribution in [2.75, 3.05) is 25.5 Å². The molecule has 4 nitrogen and oxygen atoms in total. The number of ether oxygens (including phenoxy) is 1. The molecule has 1 aromatic rings. The third-order valence-corrected chi connectivity index (χ3v) is 2.99. The molecule has 0 saturated heterocycles. The van der Waals surface area contributed by atoms with Gasteiger partial charge in [0, 0.05) is 12.6 Å². The van der Waals surface area contributed by atoms with Gasteiger partial charge in [0.1, 0.15) is 5.75 Å². The maximum atomic E-state index is 11.6. The number of halogens is 1. The quantitative estimate of drug-likeness (QED) is 0.809. The number of methoxy groups -OCH3 is 1. The van der Waals surface area contributed by atoms with E-state index in [2.05, 4.69) is 24.5 Å². The fraction of sp³-hybridized carbons (Fsp3) is 0.500. The molecule has 106 valence electrons. The molecule has 1 amide bonds. The summed E-state index contributed by atoms with van der Waals surface area (Å²) in [5.41, 5.74) is 0.694. The van der Waals surface area contributed by atoms with Gasteiger partial charge in [0.2, 0.25) is 5.91 Å². The lowest BCUT2D eigenvalue weighted by Crippen LogP contribution is -2.31. The number of hydrogen-bond acceptors (Lipinski definition) is 3. The predicted molar refractivity (Wildman–Crippen MR) is 79.0 cm³/mol. The summed E-state index contributed by atoms with van der Waals surface area (Å²) in [6.07, 6.45) is 0.978. The number of hydrogen-bond donors (Lipinski definition) is 2. The molecule has 0 bridgehead atoms. The summed E-state index contributed by atoms with van der Waals surface area (Å²) < 4.78 is 5.11. The molecule has 19 heavy (non-hydrogen) atoms. The maximum Gasteiger partial charge on any atom is 0.239 e. The highest BCUT2D eigenvalue weighted by molar-refractivity contribution is 6.33. The number of rotatable bonds is 7. The Balaban J connectivity index is 2.41. The lowest BCUT2D eigenvalue weighted by molar-refractivity contribution is -0.119. The van der Waals surface area contributed by atoms with Crippen molar-refractivity contribution >= 4 is 23.2 Å². The van der Waals surface area contributed by atoms with Gasteiger partial charge in [-0.05, 0) is 24.5 Å². The molecular weight excluding hydrogens is 264 g/mol. The molecule has 2 N–H and O–H groups in total. The van der Waals surface area contributed by atoms with Crippen molar-refractivity contribution in [2.45, 2.75) is 20.3 Å². The van der Waals surface area contributed by atoms with Crippen LogP contribution in [0, 0.1) is 5.92 Å². The first kappa shape index (κ1) is 15.6. The van der Waals surface area contributed by atoms with Gasteiger partial charge >= 0.3 is 0 Å². The van der Waals surface area contributed by atoms with Crippen molar-refractivity contribution < 1.29 is 9.53 Å². The highest BCUT2D eigenvalue weighted by Gasteiger charge is 2.05. The van der Waals surface area contributed by atoms with Crippen LogP contribution in [0.2, 0.25) is 5.02 Å². The first-order valence-corrected chi connectivity index (χ1v) is 6.75. The summed E-state index contributed by atoms with van der Waals surface area (Å²) in [7, 11) is 1.59. The topological polar surface area (TPSA) is 50.4 Å². The second-order valence-electron chi connectivity index (χ2n) is 4.73. The van der Waals surface area contributed by atoms with Crippen LogP contribution in [0.3, 0.4) is 0 Å². The first-order chi connectivity index (χ1) is 9.02. The molecule has 0 fully saturated rings. The summed E-state index contributed by atoms with van der Waals surface area (Å²) >= 11 is 6.03. The third-order valence-electron chi connectivity index (χ3n) is 2.66. The molecule has 0 atom stereocenters. The Labute approximate surface area is 119 Å². The van der Waals surface area contributed by atoms with Gasteiger partial charge in [-0.3, -0.25) is 4.79 Å². The molecule has 5 heteroatoms. The second-order valence-corrected chi connectivity index (χ2v) is 5.14. The van der Waals surface area contributed by atoms with Crippen molar-refractivity contribution in [3.8, 4) is 5.75 Å². The largest absolute Gasteiger partial charge is 0.497 e. The van der Waals surface area contributed by atoms with Gasteiger partial charge in [-0.1, -0.05) is 25.4 Å². The van der Waals surface area contributed by atoms with Gasteiger partial charge in [-0.15, -0.1) is 0 Å². The molecule has 0 radical (unpaired) electrons. The standard InChI is InChI=1S/C14H21ClN2O2/c1-10(2)6-7-16-14(18)9-17-13-8-11(19-3)4-5-12(13)15/h4-5,8,10,17H,6-7,9H2,1-3H3,(H,16,18). The molecule has 0 aliphatic carbocycles. The van der Waals surface area contributed by atoms with E-state index in [1.165, 1.54) is 0 Å². The highest BCUT2D eigenvalue weighted by Crippen LogP contribution is 2.26. The second kappa shape index (κ2) is 7.89. The Morgan fingerprint density at radius 1 is 1.42 bits per heavy atom. The number of carbonyl (C=O) groups excluding carboxylic acids is 1. The van der Waals surface area contributed by atoms with Gasteiger partial charge in [0.05, 0.1) is 24.4 Å². The van der Waals surface area contributed by atoms with E-state index in [9.17, 15) is 4.79 Å². The van der Waals surface area contributed by atoms with E-state index in [4.69, 9.17) is 16.3 Å². The molecule has 0 aliphatic rings. The summed E-state index contributed by atoms with van der Waals surface area (Å²) in [4.78, 5) is 11.6. The van der Waals surface area contributed by atoms with E-state index in [1.54, 1.807) is 25.3 Å². The van der Waals surface area contributed by atoms with E-state index < -0.39 is 0 Å². The summed E-state index contributed by atoms with van der Waals surface area (Å²) in [6.45, 7) is 5.15. The summed E-state index contributed by atoms with van der Waals surface area (Å²) in [5.74, 6) is 1.24. The van der Waals surface area contributed by atoms with Crippen molar-refractivity contribution in [1.82, 2.24) is 5.32 Å². The Hall–Kier alpha value is -1.42. The van der Waals surface area contributed by atoms with E-state index in [-0.39, 0.29) is 12.5 Å².